The van der Waals surface area contributed by atoms with Gasteiger partial charge in [-0.05, 0) is 56.0 Å². The first-order valence-corrected chi connectivity index (χ1v) is 9.28. The summed E-state index contributed by atoms with van der Waals surface area (Å²) in [6, 6.07) is 9.18. The molecule has 1 aliphatic rings. The van der Waals surface area contributed by atoms with E-state index in [9.17, 15) is 13.6 Å². The molecular weight excluding hydrogens is 364 g/mol. The summed E-state index contributed by atoms with van der Waals surface area (Å²) in [6.07, 6.45) is -0.150. The first-order valence-electron chi connectivity index (χ1n) is 9.28. The molecule has 4 nitrogen and oxygen atoms in total. The van der Waals surface area contributed by atoms with Crippen LogP contribution in [0, 0.1) is 11.6 Å². The van der Waals surface area contributed by atoms with Crippen molar-refractivity contribution in [2.45, 2.75) is 38.9 Å². The number of hydrogen-bond donors (Lipinski definition) is 0. The molecule has 0 aromatic heterocycles. The molecule has 0 bridgehead atoms. The van der Waals surface area contributed by atoms with Crippen molar-refractivity contribution >= 4 is 6.09 Å². The minimum absolute atomic E-state index is 0.317. The van der Waals surface area contributed by atoms with E-state index < -0.39 is 23.3 Å². The van der Waals surface area contributed by atoms with Gasteiger partial charge in [-0.2, -0.15) is 0 Å². The van der Waals surface area contributed by atoms with Crippen LogP contribution in [0.5, 0.6) is 0 Å². The predicted octanol–water partition coefficient (Wildman–Crippen LogP) is 5.11. The molecule has 1 atom stereocenters. The number of halogens is 2. The highest BCUT2D eigenvalue weighted by molar-refractivity contribution is 5.70. The van der Waals surface area contributed by atoms with Crippen LogP contribution in [0.3, 0.4) is 0 Å². The van der Waals surface area contributed by atoms with Crippen molar-refractivity contribution in [1.29, 1.82) is 0 Å². The maximum absolute atomic E-state index is 14.3. The zero-order chi connectivity index (χ0) is 20.5. The Labute approximate surface area is 164 Å². The van der Waals surface area contributed by atoms with Crippen LogP contribution in [-0.2, 0) is 15.9 Å². The maximum Gasteiger partial charge on any atom is 0.410 e. The summed E-state index contributed by atoms with van der Waals surface area (Å²) in [4.78, 5) is 13.8. The van der Waals surface area contributed by atoms with E-state index in [1.807, 2.05) is 39.0 Å². The number of fused-ring (bicyclic) bond motifs is 1. The quantitative estimate of drug-likeness (QED) is 0.732. The summed E-state index contributed by atoms with van der Waals surface area (Å²) in [5.41, 5.74) is 2.37. The average molecular weight is 389 g/mol. The second-order valence-electron chi connectivity index (χ2n) is 7.97. The van der Waals surface area contributed by atoms with Crippen LogP contribution < -0.4 is 0 Å². The molecular formula is C22H25F2NO3. The second kappa shape index (κ2) is 7.87. The van der Waals surface area contributed by atoms with Gasteiger partial charge in [-0.1, -0.05) is 18.2 Å². The van der Waals surface area contributed by atoms with E-state index in [4.69, 9.17) is 9.47 Å². The monoisotopic (exact) mass is 389 g/mol. The molecule has 6 heteroatoms. The van der Waals surface area contributed by atoms with Crippen LogP contribution in [0.4, 0.5) is 13.6 Å². The van der Waals surface area contributed by atoms with Crippen molar-refractivity contribution < 1.29 is 23.0 Å². The highest BCUT2D eigenvalue weighted by Gasteiger charge is 2.28. The summed E-state index contributed by atoms with van der Waals surface area (Å²) in [5, 5.41) is 0. The molecule has 0 fully saturated rings. The second-order valence-corrected chi connectivity index (χ2v) is 7.97. The predicted molar refractivity (Wildman–Crippen MR) is 103 cm³/mol. The Hall–Kier alpha value is -2.47. The third-order valence-electron chi connectivity index (χ3n) is 4.60. The summed E-state index contributed by atoms with van der Waals surface area (Å²) in [7, 11) is 1.66. The zero-order valence-corrected chi connectivity index (χ0v) is 16.6. The molecule has 3 rings (SSSR count). The van der Waals surface area contributed by atoms with Gasteiger partial charge < -0.3 is 14.4 Å². The van der Waals surface area contributed by atoms with Gasteiger partial charge in [-0.25, -0.2) is 13.6 Å². The number of benzene rings is 2. The number of amides is 1. The summed E-state index contributed by atoms with van der Waals surface area (Å²) in [6.45, 7) is 6.22. The van der Waals surface area contributed by atoms with Crippen LogP contribution in [0.1, 0.15) is 38.0 Å². The number of ether oxygens (including phenoxy) is 2. The van der Waals surface area contributed by atoms with Gasteiger partial charge >= 0.3 is 6.09 Å². The van der Waals surface area contributed by atoms with E-state index in [0.717, 1.165) is 22.8 Å². The van der Waals surface area contributed by atoms with Crippen molar-refractivity contribution in [3.63, 3.8) is 0 Å². The van der Waals surface area contributed by atoms with Crippen molar-refractivity contribution in [2.24, 2.45) is 0 Å². The van der Waals surface area contributed by atoms with Crippen LogP contribution in [0.15, 0.2) is 36.4 Å². The van der Waals surface area contributed by atoms with Gasteiger partial charge in [0, 0.05) is 18.7 Å². The number of rotatable bonds is 3. The van der Waals surface area contributed by atoms with Gasteiger partial charge in [0.1, 0.15) is 23.3 Å². The Bertz CT molecular complexity index is 877. The summed E-state index contributed by atoms with van der Waals surface area (Å²) < 4.78 is 38.9. The van der Waals surface area contributed by atoms with Crippen LogP contribution in [-0.4, -0.2) is 36.8 Å². The lowest BCUT2D eigenvalue weighted by Crippen LogP contribution is -2.38. The van der Waals surface area contributed by atoms with E-state index in [2.05, 4.69) is 0 Å². The van der Waals surface area contributed by atoms with Gasteiger partial charge in [-0.3, -0.25) is 0 Å². The Morgan fingerprint density at radius 3 is 2.64 bits per heavy atom. The largest absolute Gasteiger partial charge is 0.444 e. The molecule has 1 unspecified atom stereocenters. The molecule has 0 aliphatic carbocycles. The Morgan fingerprint density at radius 1 is 1.21 bits per heavy atom. The van der Waals surface area contributed by atoms with Gasteiger partial charge in [0.05, 0.1) is 13.2 Å². The average Bonchev–Trinajstić information content (AvgIpc) is 2.60. The highest BCUT2D eigenvalue weighted by atomic mass is 19.1. The Morgan fingerprint density at radius 2 is 1.96 bits per heavy atom. The lowest BCUT2D eigenvalue weighted by Gasteiger charge is -2.32. The van der Waals surface area contributed by atoms with Crippen molar-refractivity contribution in [3.8, 4) is 11.1 Å². The number of carbonyl (C=O) groups excluding carboxylic acids is 1. The SMILES string of the molecule is CN(CC1OCCc2c(-c3ccc(F)cc3F)cccc21)C(=O)OC(C)(C)C. The van der Waals surface area contributed by atoms with Gasteiger partial charge in [0.15, 0.2) is 0 Å². The van der Waals surface area contributed by atoms with Gasteiger partial charge in [0.25, 0.3) is 0 Å². The molecule has 2 aromatic rings. The van der Waals surface area contributed by atoms with Crippen molar-refractivity contribution in [3.05, 3.63) is 59.2 Å². The Balaban J connectivity index is 1.88. The molecule has 1 amide bonds. The zero-order valence-electron chi connectivity index (χ0n) is 16.6. The van der Waals surface area contributed by atoms with Crippen molar-refractivity contribution in [2.75, 3.05) is 20.2 Å². The topological polar surface area (TPSA) is 38.8 Å². The molecule has 0 N–H and O–H groups in total. The fraction of sp³-hybridized carbons (Fsp3) is 0.409. The van der Waals surface area contributed by atoms with Crippen LogP contribution >= 0.6 is 0 Å². The number of likely N-dealkylation sites (N-methyl/N-ethyl adjacent to an activating group) is 1. The number of carbonyl (C=O) groups is 1. The molecule has 0 saturated heterocycles. The molecule has 0 spiro atoms. The molecule has 1 heterocycles. The van der Waals surface area contributed by atoms with E-state index in [1.54, 1.807) is 7.05 Å². The molecule has 150 valence electrons. The van der Waals surface area contributed by atoms with E-state index in [1.165, 1.54) is 17.0 Å². The lowest BCUT2D eigenvalue weighted by atomic mass is 9.89. The smallest absolute Gasteiger partial charge is 0.410 e. The first-order chi connectivity index (χ1) is 13.2. The minimum atomic E-state index is -0.605. The van der Waals surface area contributed by atoms with Crippen LogP contribution in [0.2, 0.25) is 0 Å². The fourth-order valence-electron chi connectivity index (χ4n) is 3.35. The number of nitrogens with zero attached hydrogens (tertiary/aromatic N) is 1. The molecule has 2 aromatic carbocycles. The fourth-order valence-corrected chi connectivity index (χ4v) is 3.35. The van der Waals surface area contributed by atoms with Crippen LogP contribution in [0.25, 0.3) is 11.1 Å². The third-order valence-corrected chi connectivity index (χ3v) is 4.60. The van der Waals surface area contributed by atoms with E-state index >= 15 is 0 Å². The summed E-state index contributed by atoms with van der Waals surface area (Å²) in [5.74, 6) is -1.20. The Kier molecular flexibility index (Phi) is 5.70. The third kappa shape index (κ3) is 4.50. The standard InChI is InChI=1S/C22H25F2NO3/c1-22(2,3)28-21(26)25(4)13-20-18-7-5-6-15(16(18)10-11-27-20)17-9-8-14(23)12-19(17)24/h5-9,12,20H,10-11,13H2,1-4H3. The molecule has 0 saturated carbocycles. The lowest BCUT2D eigenvalue weighted by molar-refractivity contribution is -0.00157. The molecule has 1 aliphatic heterocycles. The highest BCUT2D eigenvalue weighted by Crippen LogP contribution is 2.36. The van der Waals surface area contributed by atoms with E-state index in [-0.39, 0.29) is 6.10 Å². The van der Waals surface area contributed by atoms with Gasteiger partial charge in [-0.15, -0.1) is 0 Å². The summed E-state index contributed by atoms with van der Waals surface area (Å²) >= 11 is 0. The van der Waals surface area contributed by atoms with Crippen molar-refractivity contribution in [1.82, 2.24) is 4.90 Å². The molecule has 0 radical (unpaired) electrons. The number of hydrogen-bond acceptors (Lipinski definition) is 3. The van der Waals surface area contributed by atoms with E-state index in [0.29, 0.717) is 25.1 Å². The molecule has 28 heavy (non-hydrogen) atoms. The normalized spacial score (nSPS) is 16.4. The first kappa shape index (κ1) is 20.3. The minimum Gasteiger partial charge on any atom is -0.444 e. The van der Waals surface area contributed by atoms with Gasteiger partial charge in [0.2, 0.25) is 0 Å². The maximum atomic E-state index is 14.3.